The van der Waals surface area contributed by atoms with Gasteiger partial charge < -0.3 is 9.47 Å². The largest absolute Gasteiger partial charge is 0.378 e. The van der Waals surface area contributed by atoms with Gasteiger partial charge in [0.1, 0.15) is 5.60 Å². The Balaban J connectivity index is 1.65. The van der Waals surface area contributed by atoms with Crippen LogP contribution in [0.25, 0.3) is 0 Å². The summed E-state index contributed by atoms with van der Waals surface area (Å²) in [7, 11) is 0. The minimum Gasteiger partial charge on any atom is -0.378 e. The van der Waals surface area contributed by atoms with Crippen molar-refractivity contribution in [2.75, 3.05) is 32.8 Å². The number of rotatable bonds is 3. The van der Waals surface area contributed by atoms with E-state index in [2.05, 4.69) is 18.7 Å². The molecule has 2 aliphatic heterocycles. The molecule has 1 unspecified atom stereocenters. The van der Waals surface area contributed by atoms with Gasteiger partial charge in [0, 0.05) is 32.7 Å². The molecule has 122 valence electrons. The van der Waals surface area contributed by atoms with E-state index < -0.39 is 11.6 Å². The summed E-state index contributed by atoms with van der Waals surface area (Å²) in [5, 5.41) is 0. The van der Waals surface area contributed by atoms with Gasteiger partial charge in [0.2, 0.25) is 0 Å². The van der Waals surface area contributed by atoms with Crippen molar-refractivity contribution in [3.8, 4) is 0 Å². The first kappa shape index (κ1) is 15.8. The van der Waals surface area contributed by atoms with Crippen LogP contribution in [0.3, 0.4) is 0 Å². The fourth-order valence-electron chi connectivity index (χ4n) is 3.59. The molecule has 0 radical (unpaired) electrons. The Hall–Kier alpha value is -1.04. The molecule has 0 N–H and O–H groups in total. The zero-order chi connectivity index (χ0) is 15.8. The highest BCUT2D eigenvalue weighted by Gasteiger charge is 2.46. The van der Waals surface area contributed by atoms with Gasteiger partial charge in [-0.05, 0) is 38.0 Å². The quantitative estimate of drug-likeness (QED) is 0.857. The first-order valence-corrected chi connectivity index (χ1v) is 7.82. The van der Waals surface area contributed by atoms with E-state index >= 15 is 0 Å². The fourth-order valence-corrected chi connectivity index (χ4v) is 3.59. The third-order valence-electron chi connectivity index (χ3n) is 4.38. The molecular weight excluding hydrogens is 288 g/mol. The van der Waals surface area contributed by atoms with Gasteiger partial charge in [-0.2, -0.15) is 0 Å². The lowest BCUT2D eigenvalue weighted by molar-refractivity contribution is -0.195. The smallest absolute Gasteiger partial charge is 0.159 e. The van der Waals surface area contributed by atoms with Gasteiger partial charge in [-0.15, -0.1) is 0 Å². The van der Waals surface area contributed by atoms with Gasteiger partial charge in [-0.25, -0.2) is 8.78 Å². The summed E-state index contributed by atoms with van der Waals surface area (Å²) >= 11 is 0. The van der Waals surface area contributed by atoms with Crippen molar-refractivity contribution in [1.82, 2.24) is 4.90 Å². The number of hydrogen-bond acceptors (Lipinski definition) is 3. The van der Waals surface area contributed by atoms with Crippen LogP contribution in [0.4, 0.5) is 8.78 Å². The van der Waals surface area contributed by atoms with Crippen molar-refractivity contribution >= 4 is 0 Å². The van der Waals surface area contributed by atoms with Gasteiger partial charge in [0.05, 0.1) is 12.2 Å². The molecule has 2 fully saturated rings. The lowest BCUT2D eigenvalue weighted by Crippen LogP contribution is -2.60. The Morgan fingerprint density at radius 3 is 2.68 bits per heavy atom. The van der Waals surface area contributed by atoms with E-state index in [-0.39, 0.29) is 11.2 Å². The summed E-state index contributed by atoms with van der Waals surface area (Å²) in [6, 6.07) is 4.13. The Bertz CT molecular complexity index is 541. The highest BCUT2D eigenvalue weighted by Crippen LogP contribution is 2.34. The van der Waals surface area contributed by atoms with E-state index in [9.17, 15) is 8.78 Å². The van der Waals surface area contributed by atoms with Crippen LogP contribution < -0.4 is 0 Å². The lowest BCUT2D eigenvalue weighted by Gasteiger charge is -2.48. The molecule has 0 aromatic heterocycles. The normalized spacial score (nSPS) is 28.4. The van der Waals surface area contributed by atoms with Crippen molar-refractivity contribution in [3.05, 3.63) is 35.4 Å². The van der Waals surface area contributed by atoms with Gasteiger partial charge in [0.15, 0.2) is 11.6 Å². The molecule has 5 heteroatoms. The number of halogens is 2. The van der Waals surface area contributed by atoms with Crippen molar-refractivity contribution in [2.24, 2.45) is 0 Å². The summed E-state index contributed by atoms with van der Waals surface area (Å²) in [5.74, 6) is -1.57. The molecule has 0 amide bonds. The van der Waals surface area contributed by atoms with Gasteiger partial charge in [-0.1, -0.05) is 6.07 Å². The zero-order valence-corrected chi connectivity index (χ0v) is 13.2. The van der Waals surface area contributed by atoms with Crippen molar-refractivity contribution in [1.29, 1.82) is 0 Å². The second kappa shape index (κ2) is 5.87. The molecule has 2 heterocycles. The molecule has 0 aliphatic carbocycles. The maximum absolute atomic E-state index is 13.3. The molecular formula is C17H23F2NO2. The summed E-state index contributed by atoms with van der Waals surface area (Å²) in [6.45, 7) is 8.04. The fraction of sp³-hybridized carbons (Fsp3) is 0.647. The molecule has 2 aliphatic rings. The van der Waals surface area contributed by atoms with Crippen LogP contribution >= 0.6 is 0 Å². The number of benzene rings is 1. The third-order valence-corrected chi connectivity index (χ3v) is 4.38. The van der Waals surface area contributed by atoms with Gasteiger partial charge in [0.25, 0.3) is 0 Å². The average Bonchev–Trinajstić information content (AvgIpc) is 2.85. The van der Waals surface area contributed by atoms with E-state index in [1.807, 2.05) is 0 Å². The predicted octanol–water partition coefficient (Wildman–Crippen LogP) is 2.78. The van der Waals surface area contributed by atoms with Crippen molar-refractivity contribution in [3.63, 3.8) is 0 Å². The molecule has 22 heavy (non-hydrogen) atoms. The van der Waals surface area contributed by atoms with E-state index in [0.29, 0.717) is 13.0 Å². The van der Waals surface area contributed by atoms with E-state index in [1.165, 1.54) is 12.1 Å². The molecule has 0 saturated carbocycles. The standard InChI is InChI=1S/C17H23F2NO2/c1-16(2)10-20(11-17(22-16)6-8-21-12-17)7-5-13-3-4-14(18)15(19)9-13/h3-4,9H,5-8,10-12H2,1-2H3. The molecule has 1 spiro atoms. The highest BCUT2D eigenvalue weighted by molar-refractivity contribution is 5.18. The lowest BCUT2D eigenvalue weighted by atomic mass is 9.94. The minimum atomic E-state index is -0.793. The van der Waals surface area contributed by atoms with Crippen LogP contribution in [0.15, 0.2) is 18.2 Å². The SMILES string of the molecule is CC1(C)CN(CCc2ccc(F)c(F)c2)CC2(CCOC2)O1. The van der Waals surface area contributed by atoms with Gasteiger partial charge in [-0.3, -0.25) is 4.90 Å². The van der Waals surface area contributed by atoms with Crippen LogP contribution in [-0.2, 0) is 15.9 Å². The molecule has 3 rings (SSSR count). The van der Waals surface area contributed by atoms with Crippen LogP contribution in [0.1, 0.15) is 25.8 Å². The minimum absolute atomic E-state index is 0.213. The second-order valence-electron chi connectivity index (χ2n) is 7.06. The van der Waals surface area contributed by atoms with Crippen LogP contribution in [-0.4, -0.2) is 49.0 Å². The molecule has 1 atom stereocenters. The zero-order valence-electron chi connectivity index (χ0n) is 13.2. The first-order chi connectivity index (χ1) is 10.4. The molecule has 1 aromatic rings. The Labute approximate surface area is 130 Å². The summed E-state index contributed by atoms with van der Waals surface area (Å²) in [4.78, 5) is 2.35. The number of ether oxygens (including phenoxy) is 2. The Morgan fingerprint density at radius 1 is 1.18 bits per heavy atom. The van der Waals surface area contributed by atoms with Gasteiger partial charge >= 0.3 is 0 Å². The highest BCUT2D eigenvalue weighted by atomic mass is 19.2. The van der Waals surface area contributed by atoms with E-state index in [4.69, 9.17) is 9.47 Å². The van der Waals surface area contributed by atoms with Crippen LogP contribution in [0, 0.1) is 11.6 Å². The topological polar surface area (TPSA) is 21.7 Å². The number of morpholine rings is 1. The molecule has 2 saturated heterocycles. The number of hydrogen-bond donors (Lipinski definition) is 0. The Kier molecular flexibility index (Phi) is 4.23. The van der Waals surface area contributed by atoms with E-state index in [0.717, 1.165) is 38.2 Å². The predicted molar refractivity (Wildman–Crippen MR) is 79.8 cm³/mol. The first-order valence-electron chi connectivity index (χ1n) is 7.82. The monoisotopic (exact) mass is 311 g/mol. The third kappa shape index (κ3) is 3.47. The average molecular weight is 311 g/mol. The molecule has 3 nitrogen and oxygen atoms in total. The number of nitrogens with zero attached hydrogens (tertiary/aromatic N) is 1. The summed E-state index contributed by atoms with van der Waals surface area (Å²) < 4.78 is 38.1. The maximum Gasteiger partial charge on any atom is 0.159 e. The van der Waals surface area contributed by atoms with Crippen LogP contribution in [0.5, 0.6) is 0 Å². The maximum atomic E-state index is 13.3. The second-order valence-corrected chi connectivity index (χ2v) is 7.06. The Morgan fingerprint density at radius 2 is 2.00 bits per heavy atom. The summed E-state index contributed by atoms with van der Waals surface area (Å²) in [5.41, 5.74) is 0.385. The van der Waals surface area contributed by atoms with E-state index in [1.54, 1.807) is 6.07 Å². The van der Waals surface area contributed by atoms with Crippen molar-refractivity contribution in [2.45, 2.75) is 37.9 Å². The summed E-state index contributed by atoms with van der Waals surface area (Å²) in [6.07, 6.45) is 1.61. The molecule has 1 aromatic carbocycles. The van der Waals surface area contributed by atoms with Crippen LogP contribution in [0.2, 0.25) is 0 Å². The molecule has 0 bridgehead atoms. The van der Waals surface area contributed by atoms with Crippen molar-refractivity contribution < 1.29 is 18.3 Å².